The fourth-order valence-electron chi connectivity index (χ4n) is 1.74. The molecule has 1 rings (SSSR count). The molecule has 0 fully saturated rings. The molecule has 2 N–H and O–H groups in total. The van der Waals surface area contributed by atoms with Crippen molar-refractivity contribution in [2.24, 2.45) is 5.92 Å². The highest BCUT2D eigenvalue weighted by Gasteiger charge is 2.09. The third kappa shape index (κ3) is 5.53. The van der Waals surface area contributed by atoms with E-state index in [0.29, 0.717) is 24.1 Å². The largest absolute Gasteiger partial charge is 0.393 e. The molecule has 0 radical (unpaired) electrons. The Hall–Kier alpha value is -1.68. The first-order valence-corrected chi connectivity index (χ1v) is 6.80. The van der Waals surface area contributed by atoms with Crippen molar-refractivity contribution in [3.05, 3.63) is 41.7 Å². The van der Waals surface area contributed by atoms with Gasteiger partial charge in [0.25, 0.3) is 0 Å². The number of benzene rings is 1. The lowest BCUT2D eigenvalue weighted by molar-refractivity contribution is -0.116. The Kier molecular flexibility index (Phi) is 6.39. The average Bonchev–Trinajstić information content (AvgIpc) is 2.38. The maximum atomic E-state index is 13.1. The van der Waals surface area contributed by atoms with Crippen molar-refractivity contribution in [3.63, 3.8) is 0 Å². The predicted molar refractivity (Wildman–Crippen MR) is 78.5 cm³/mol. The van der Waals surface area contributed by atoms with Gasteiger partial charge in [-0.2, -0.15) is 0 Å². The van der Waals surface area contributed by atoms with E-state index in [-0.39, 0.29) is 17.6 Å². The summed E-state index contributed by atoms with van der Waals surface area (Å²) in [5.41, 5.74) is 1.38. The molecular weight excluding hydrogens is 257 g/mol. The van der Waals surface area contributed by atoms with Crippen molar-refractivity contribution in [3.8, 4) is 0 Å². The van der Waals surface area contributed by atoms with Gasteiger partial charge in [-0.15, -0.1) is 0 Å². The number of nitrogens with one attached hydrogen (secondary N) is 1. The lowest BCUT2D eigenvalue weighted by Crippen LogP contribution is -2.27. The standard InChI is InChI=1S/C16H22FNO2/c1-11(2)15(19)7-8-18-16(20)9-12(3)13-5-4-6-14(17)10-13/h4-6,9-11,15,19H,7-8H2,1-3H3,(H,18,20). The summed E-state index contributed by atoms with van der Waals surface area (Å²) in [6.07, 6.45) is 1.55. The molecule has 1 aromatic carbocycles. The number of rotatable bonds is 6. The third-order valence-electron chi connectivity index (χ3n) is 3.14. The first-order valence-electron chi connectivity index (χ1n) is 6.80. The maximum Gasteiger partial charge on any atom is 0.244 e. The molecule has 0 spiro atoms. The molecule has 0 saturated carbocycles. The molecule has 1 amide bonds. The van der Waals surface area contributed by atoms with Crippen LogP contribution >= 0.6 is 0 Å². The molecular formula is C16H22FNO2. The fraction of sp³-hybridized carbons (Fsp3) is 0.438. The maximum absolute atomic E-state index is 13.1. The smallest absolute Gasteiger partial charge is 0.244 e. The van der Waals surface area contributed by atoms with Gasteiger partial charge in [-0.25, -0.2) is 4.39 Å². The first kappa shape index (κ1) is 16.4. The predicted octanol–water partition coefficient (Wildman–Crippen LogP) is 2.75. The second kappa shape index (κ2) is 7.80. The second-order valence-corrected chi connectivity index (χ2v) is 5.23. The normalized spacial score (nSPS) is 13.4. The molecule has 20 heavy (non-hydrogen) atoms. The Bertz CT molecular complexity index is 483. The monoisotopic (exact) mass is 279 g/mol. The van der Waals surface area contributed by atoms with E-state index < -0.39 is 6.10 Å². The molecule has 1 atom stereocenters. The molecule has 0 aliphatic rings. The van der Waals surface area contributed by atoms with Crippen LogP contribution in [0.25, 0.3) is 5.57 Å². The van der Waals surface area contributed by atoms with E-state index in [0.717, 1.165) is 0 Å². The zero-order valence-corrected chi connectivity index (χ0v) is 12.2. The number of hydrogen-bond acceptors (Lipinski definition) is 2. The summed E-state index contributed by atoms with van der Waals surface area (Å²) in [6.45, 7) is 6.05. The summed E-state index contributed by atoms with van der Waals surface area (Å²) >= 11 is 0. The zero-order chi connectivity index (χ0) is 15.1. The van der Waals surface area contributed by atoms with Crippen LogP contribution in [0.2, 0.25) is 0 Å². The number of allylic oxidation sites excluding steroid dienone is 1. The van der Waals surface area contributed by atoms with Crippen molar-refractivity contribution < 1.29 is 14.3 Å². The van der Waals surface area contributed by atoms with Gasteiger partial charge in [0.2, 0.25) is 5.91 Å². The molecule has 0 aliphatic heterocycles. The van der Waals surface area contributed by atoms with Gasteiger partial charge in [-0.3, -0.25) is 4.79 Å². The number of aliphatic hydroxyl groups excluding tert-OH is 1. The van der Waals surface area contributed by atoms with E-state index in [1.807, 2.05) is 13.8 Å². The highest BCUT2D eigenvalue weighted by Crippen LogP contribution is 2.14. The Balaban J connectivity index is 2.50. The van der Waals surface area contributed by atoms with E-state index >= 15 is 0 Å². The quantitative estimate of drug-likeness (QED) is 0.787. The van der Waals surface area contributed by atoms with E-state index in [1.165, 1.54) is 18.2 Å². The van der Waals surface area contributed by atoms with E-state index in [1.54, 1.807) is 19.1 Å². The minimum atomic E-state index is -0.413. The van der Waals surface area contributed by atoms with Crippen LogP contribution in [0.4, 0.5) is 4.39 Å². The highest BCUT2D eigenvalue weighted by molar-refractivity contribution is 5.94. The van der Waals surface area contributed by atoms with Gasteiger partial charge in [0.05, 0.1) is 6.10 Å². The molecule has 0 aliphatic carbocycles. The number of amides is 1. The van der Waals surface area contributed by atoms with Gasteiger partial charge >= 0.3 is 0 Å². The van der Waals surface area contributed by atoms with Gasteiger partial charge in [-0.05, 0) is 42.5 Å². The molecule has 4 heteroatoms. The van der Waals surface area contributed by atoms with Crippen molar-refractivity contribution >= 4 is 11.5 Å². The Morgan fingerprint density at radius 3 is 2.75 bits per heavy atom. The van der Waals surface area contributed by atoms with Crippen molar-refractivity contribution in [1.82, 2.24) is 5.32 Å². The zero-order valence-electron chi connectivity index (χ0n) is 12.2. The van der Waals surface area contributed by atoms with Crippen LogP contribution in [-0.2, 0) is 4.79 Å². The lowest BCUT2D eigenvalue weighted by atomic mass is 10.0. The van der Waals surface area contributed by atoms with Crippen molar-refractivity contribution in [2.75, 3.05) is 6.54 Å². The number of aliphatic hydroxyl groups is 1. The number of carbonyl (C=O) groups excluding carboxylic acids is 1. The summed E-state index contributed by atoms with van der Waals surface area (Å²) in [7, 11) is 0. The lowest BCUT2D eigenvalue weighted by Gasteiger charge is -2.14. The van der Waals surface area contributed by atoms with Crippen molar-refractivity contribution in [1.29, 1.82) is 0 Å². The molecule has 110 valence electrons. The molecule has 3 nitrogen and oxygen atoms in total. The van der Waals surface area contributed by atoms with Gasteiger partial charge in [0, 0.05) is 12.6 Å². The van der Waals surface area contributed by atoms with Gasteiger partial charge in [0.1, 0.15) is 5.82 Å². The number of halogens is 1. The summed E-state index contributed by atoms with van der Waals surface area (Å²) in [4.78, 5) is 11.7. The van der Waals surface area contributed by atoms with Gasteiger partial charge < -0.3 is 10.4 Å². The van der Waals surface area contributed by atoms with Gasteiger partial charge in [-0.1, -0.05) is 26.0 Å². The number of hydrogen-bond donors (Lipinski definition) is 2. The topological polar surface area (TPSA) is 49.3 Å². The van der Waals surface area contributed by atoms with Crippen LogP contribution in [0.1, 0.15) is 32.8 Å². The van der Waals surface area contributed by atoms with Crippen molar-refractivity contribution in [2.45, 2.75) is 33.3 Å². The van der Waals surface area contributed by atoms with Crippen LogP contribution < -0.4 is 5.32 Å². The van der Waals surface area contributed by atoms with E-state index in [2.05, 4.69) is 5.32 Å². The van der Waals surface area contributed by atoms with E-state index in [4.69, 9.17) is 0 Å². The van der Waals surface area contributed by atoms with Crippen LogP contribution in [0.15, 0.2) is 30.3 Å². The summed E-state index contributed by atoms with van der Waals surface area (Å²) in [6, 6.07) is 6.12. The average molecular weight is 279 g/mol. The Morgan fingerprint density at radius 2 is 2.15 bits per heavy atom. The van der Waals surface area contributed by atoms with Crippen LogP contribution in [-0.4, -0.2) is 23.7 Å². The Labute approximate surface area is 119 Å². The first-order chi connectivity index (χ1) is 9.40. The molecule has 1 unspecified atom stereocenters. The minimum absolute atomic E-state index is 0.177. The minimum Gasteiger partial charge on any atom is -0.393 e. The molecule has 0 saturated heterocycles. The molecule has 0 heterocycles. The van der Waals surface area contributed by atoms with Crippen LogP contribution in [0, 0.1) is 11.7 Å². The highest BCUT2D eigenvalue weighted by atomic mass is 19.1. The summed E-state index contributed by atoms with van der Waals surface area (Å²) in [5.74, 6) is -0.380. The summed E-state index contributed by atoms with van der Waals surface area (Å²) < 4.78 is 13.1. The van der Waals surface area contributed by atoms with Crippen LogP contribution in [0.5, 0.6) is 0 Å². The molecule has 0 bridgehead atoms. The van der Waals surface area contributed by atoms with E-state index in [9.17, 15) is 14.3 Å². The molecule has 0 aromatic heterocycles. The third-order valence-corrected chi connectivity index (χ3v) is 3.14. The second-order valence-electron chi connectivity index (χ2n) is 5.23. The number of carbonyl (C=O) groups is 1. The van der Waals surface area contributed by atoms with Crippen LogP contribution in [0.3, 0.4) is 0 Å². The SMILES string of the molecule is CC(=CC(=O)NCCC(O)C(C)C)c1cccc(F)c1. The molecule has 1 aromatic rings. The fourth-order valence-corrected chi connectivity index (χ4v) is 1.74. The summed E-state index contributed by atoms with van der Waals surface area (Å²) in [5, 5.41) is 12.3. The van der Waals surface area contributed by atoms with Gasteiger partial charge in [0.15, 0.2) is 0 Å². The Morgan fingerprint density at radius 1 is 1.45 bits per heavy atom.